The summed E-state index contributed by atoms with van der Waals surface area (Å²) in [6.45, 7) is 4.66. The number of amides is 1. The molecule has 3 heterocycles. The van der Waals surface area contributed by atoms with E-state index < -0.39 is 0 Å². The van der Waals surface area contributed by atoms with Crippen LogP contribution in [0.15, 0.2) is 22.6 Å². The van der Waals surface area contributed by atoms with E-state index >= 15 is 0 Å². The molecule has 27 heavy (non-hydrogen) atoms. The number of hydrogen-bond donors (Lipinski definition) is 2. The smallest absolute Gasteiger partial charge is 0.298 e. The molecule has 2 saturated heterocycles. The first-order chi connectivity index (χ1) is 13.2. The van der Waals surface area contributed by atoms with E-state index in [0.29, 0.717) is 29.3 Å². The average molecular weight is 391 g/mol. The maximum absolute atomic E-state index is 12.2. The van der Waals surface area contributed by atoms with Gasteiger partial charge in [-0.05, 0) is 68.8 Å². The molecule has 0 bridgehead atoms. The van der Waals surface area contributed by atoms with E-state index in [1.807, 2.05) is 18.2 Å². The van der Waals surface area contributed by atoms with E-state index in [2.05, 4.69) is 20.5 Å². The van der Waals surface area contributed by atoms with Crippen molar-refractivity contribution < 1.29 is 9.21 Å². The van der Waals surface area contributed by atoms with Gasteiger partial charge in [0.2, 0.25) is 5.91 Å². The highest BCUT2D eigenvalue weighted by molar-refractivity contribution is 6.31. The van der Waals surface area contributed by atoms with Crippen LogP contribution < -0.4 is 15.5 Å². The van der Waals surface area contributed by atoms with Crippen molar-refractivity contribution in [2.45, 2.75) is 32.1 Å². The summed E-state index contributed by atoms with van der Waals surface area (Å²) >= 11 is 6.02. The summed E-state index contributed by atoms with van der Waals surface area (Å²) in [7, 11) is 0. The van der Waals surface area contributed by atoms with Gasteiger partial charge in [-0.25, -0.2) is 0 Å². The number of rotatable bonds is 5. The van der Waals surface area contributed by atoms with Crippen molar-refractivity contribution in [1.82, 2.24) is 15.6 Å². The van der Waals surface area contributed by atoms with Crippen LogP contribution in [0.25, 0.3) is 11.1 Å². The molecule has 2 fully saturated rings. The molecule has 4 rings (SSSR count). The fourth-order valence-electron chi connectivity index (χ4n) is 4.03. The van der Waals surface area contributed by atoms with Crippen molar-refractivity contribution >= 4 is 34.6 Å². The highest BCUT2D eigenvalue weighted by Gasteiger charge is 2.24. The lowest BCUT2D eigenvalue weighted by Crippen LogP contribution is -2.39. The predicted molar refractivity (Wildman–Crippen MR) is 107 cm³/mol. The third-order valence-electron chi connectivity index (χ3n) is 5.74. The number of halogens is 1. The van der Waals surface area contributed by atoms with Crippen molar-refractivity contribution in [3.8, 4) is 0 Å². The van der Waals surface area contributed by atoms with E-state index in [9.17, 15) is 4.79 Å². The summed E-state index contributed by atoms with van der Waals surface area (Å²) in [5, 5.41) is 7.16. The Labute approximate surface area is 164 Å². The topological polar surface area (TPSA) is 70.4 Å². The standard InChI is InChI=1S/C20H27ClN4O2/c21-16-1-2-18-17(12-16)24-20(27-18)25-9-5-15(6-10-25)13-23-19(26)11-14-3-7-22-8-4-14/h1-2,12,14-15,22H,3-11,13H2,(H,23,26). The molecule has 6 nitrogen and oxygen atoms in total. The number of nitrogens with one attached hydrogen (secondary N) is 2. The first-order valence-corrected chi connectivity index (χ1v) is 10.3. The molecule has 146 valence electrons. The molecule has 0 atom stereocenters. The van der Waals surface area contributed by atoms with Crippen LogP contribution in [0.4, 0.5) is 6.01 Å². The number of piperidine rings is 2. The second-order valence-electron chi connectivity index (χ2n) is 7.74. The van der Waals surface area contributed by atoms with Crippen molar-refractivity contribution in [3.05, 3.63) is 23.2 Å². The van der Waals surface area contributed by atoms with Crippen LogP contribution in [0.2, 0.25) is 5.02 Å². The highest BCUT2D eigenvalue weighted by Crippen LogP contribution is 2.27. The number of fused-ring (bicyclic) bond motifs is 1. The molecule has 0 aliphatic carbocycles. The van der Waals surface area contributed by atoms with E-state index in [0.717, 1.165) is 69.5 Å². The number of nitrogens with zero attached hydrogens (tertiary/aromatic N) is 2. The van der Waals surface area contributed by atoms with Crippen LogP contribution in [-0.2, 0) is 4.79 Å². The zero-order chi connectivity index (χ0) is 18.6. The first-order valence-electron chi connectivity index (χ1n) is 9.96. The number of oxazole rings is 1. The molecule has 0 unspecified atom stereocenters. The van der Waals surface area contributed by atoms with E-state index in [1.54, 1.807) is 0 Å². The zero-order valence-corrected chi connectivity index (χ0v) is 16.3. The molecule has 2 aliphatic heterocycles. The largest absolute Gasteiger partial charge is 0.423 e. The Hall–Kier alpha value is -1.79. The van der Waals surface area contributed by atoms with Gasteiger partial charge in [-0.3, -0.25) is 4.79 Å². The lowest BCUT2D eigenvalue weighted by molar-refractivity contribution is -0.122. The molecule has 1 aromatic carbocycles. The third-order valence-corrected chi connectivity index (χ3v) is 5.98. The number of carbonyl (C=O) groups is 1. The Morgan fingerprint density at radius 1 is 1.22 bits per heavy atom. The Morgan fingerprint density at radius 2 is 2.00 bits per heavy atom. The van der Waals surface area contributed by atoms with E-state index in [1.165, 1.54) is 0 Å². The lowest BCUT2D eigenvalue weighted by Gasteiger charge is -2.31. The molecule has 2 aliphatic rings. The zero-order valence-electron chi connectivity index (χ0n) is 15.5. The molecular weight excluding hydrogens is 364 g/mol. The van der Waals surface area contributed by atoms with Gasteiger partial charge in [0, 0.05) is 31.1 Å². The minimum atomic E-state index is 0.208. The van der Waals surface area contributed by atoms with Crippen LogP contribution in [-0.4, -0.2) is 43.6 Å². The van der Waals surface area contributed by atoms with Gasteiger partial charge in [0.25, 0.3) is 6.01 Å². The van der Waals surface area contributed by atoms with E-state index in [-0.39, 0.29) is 5.91 Å². The molecule has 0 radical (unpaired) electrons. The number of anilines is 1. The van der Waals surface area contributed by atoms with Crippen molar-refractivity contribution in [1.29, 1.82) is 0 Å². The van der Waals surface area contributed by atoms with Crippen LogP contribution in [0.1, 0.15) is 32.1 Å². The molecule has 0 saturated carbocycles. The van der Waals surface area contributed by atoms with Gasteiger partial charge in [-0.15, -0.1) is 0 Å². The third kappa shape index (κ3) is 4.74. The number of benzene rings is 1. The van der Waals surface area contributed by atoms with Crippen molar-refractivity contribution in [3.63, 3.8) is 0 Å². The summed E-state index contributed by atoms with van der Waals surface area (Å²) in [6.07, 6.45) is 4.97. The van der Waals surface area contributed by atoms with Gasteiger partial charge in [0.05, 0.1) is 0 Å². The Balaban J connectivity index is 1.23. The minimum absolute atomic E-state index is 0.208. The summed E-state index contributed by atoms with van der Waals surface area (Å²) in [4.78, 5) is 18.9. The second-order valence-corrected chi connectivity index (χ2v) is 8.18. The van der Waals surface area contributed by atoms with Crippen molar-refractivity contribution in [2.75, 3.05) is 37.6 Å². The molecule has 7 heteroatoms. The molecular formula is C20H27ClN4O2. The Bertz CT molecular complexity index is 779. The number of hydrogen-bond acceptors (Lipinski definition) is 5. The fraction of sp³-hybridized carbons (Fsp3) is 0.600. The van der Waals surface area contributed by atoms with E-state index in [4.69, 9.17) is 16.0 Å². The molecule has 1 aromatic heterocycles. The molecule has 2 N–H and O–H groups in total. The maximum Gasteiger partial charge on any atom is 0.298 e. The average Bonchev–Trinajstić information content (AvgIpc) is 3.11. The normalized spacial score (nSPS) is 19.5. The monoisotopic (exact) mass is 390 g/mol. The van der Waals surface area contributed by atoms with Crippen LogP contribution in [0.5, 0.6) is 0 Å². The second kappa shape index (κ2) is 8.48. The summed E-state index contributed by atoms with van der Waals surface area (Å²) in [6, 6.07) is 6.17. The minimum Gasteiger partial charge on any atom is -0.423 e. The quantitative estimate of drug-likeness (QED) is 0.820. The number of aromatic nitrogens is 1. The summed E-state index contributed by atoms with van der Waals surface area (Å²) in [5.41, 5.74) is 1.56. The SMILES string of the molecule is O=C(CC1CCNCC1)NCC1CCN(c2nc3cc(Cl)ccc3o2)CC1. The van der Waals surface area contributed by atoms with Gasteiger partial charge < -0.3 is 20.0 Å². The van der Waals surface area contributed by atoms with Gasteiger partial charge in [0.1, 0.15) is 5.52 Å². The van der Waals surface area contributed by atoms with Crippen molar-refractivity contribution in [2.24, 2.45) is 11.8 Å². The fourth-order valence-corrected chi connectivity index (χ4v) is 4.20. The Morgan fingerprint density at radius 3 is 2.78 bits per heavy atom. The van der Waals surface area contributed by atoms with Gasteiger partial charge in [-0.1, -0.05) is 11.6 Å². The maximum atomic E-state index is 12.2. The van der Waals surface area contributed by atoms with Crippen LogP contribution in [0.3, 0.4) is 0 Å². The van der Waals surface area contributed by atoms with Crippen LogP contribution >= 0.6 is 11.6 Å². The molecule has 2 aromatic rings. The number of carbonyl (C=O) groups excluding carboxylic acids is 1. The van der Waals surface area contributed by atoms with Gasteiger partial charge >= 0.3 is 0 Å². The predicted octanol–water partition coefficient (Wildman–Crippen LogP) is 3.20. The molecule has 1 amide bonds. The Kier molecular flexibility index (Phi) is 5.83. The van der Waals surface area contributed by atoms with Gasteiger partial charge in [0.15, 0.2) is 5.58 Å². The summed E-state index contributed by atoms with van der Waals surface area (Å²) in [5.74, 6) is 1.28. The highest BCUT2D eigenvalue weighted by atomic mass is 35.5. The molecule has 0 spiro atoms. The lowest BCUT2D eigenvalue weighted by atomic mass is 9.93. The van der Waals surface area contributed by atoms with Gasteiger partial charge in [-0.2, -0.15) is 4.98 Å². The van der Waals surface area contributed by atoms with Crippen LogP contribution in [0, 0.1) is 11.8 Å². The summed E-state index contributed by atoms with van der Waals surface area (Å²) < 4.78 is 5.86. The first kappa shape index (κ1) is 18.6.